The lowest BCUT2D eigenvalue weighted by molar-refractivity contribution is -0.119. The Morgan fingerprint density at radius 3 is 2.46 bits per heavy atom. The number of hydrogen-bond donors (Lipinski definition) is 1. The smallest absolute Gasteiger partial charge is 0.217 e. The van der Waals surface area contributed by atoms with Crippen molar-refractivity contribution in [3.8, 4) is 5.75 Å². The van der Waals surface area contributed by atoms with Gasteiger partial charge in [-0.05, 0) is 55.9 Å². The fraction of sp³-hybridized carbons (Fsp3) is 0.435. The van der Waals surface area contributed by atoms with Gasteiger partial charge in [0.1, 0.15) is 11.6 Å². The molecule has 0 saturated carbocycles. The Morgan fingerprint density at radius 2 is 1.89 bits per heavy atom. The number of piperidine rings is 1. The van der Waals surface area contributed by atoms with Crippen molar-refractivity contribution in [2.75, 3.05) is 24.6 Å². The van der Waals surface area contributed by atoms with Crippen LogP contribution < -0.4 is 15.0 Å². The Balaban J connectivity index is 1.60. The maximum Gasteiger partial charge on any atom is 0.217 e. The number of halogens is 1. The molecule has 0 bridgehead atoms. The maximum absolute atomic E-state index is 14.4. The van der Waals surface area contributed by atoms with Crippen molar-refractivity contribution in [1.29, 1.82) is 0 Å². The second-order valence-electron chi connectivity index (χ2n) is 7.40. The summed E-state index contributed by atoms with van der Waals surface area (Å²) in [5, 5.41) is 2.91. The lowest BCUT2D eigenvalue weighted by Gasteiger charge is -2.34. The fourth-order valence-corrected chi connectivity index (χ4v) is 3.90. The Morgan fingerprint density at radius 1 is 1.21 bits per heavy atom. The van der Waals surface area contributed by atoms with Crippen LogP contribution in [0.5, 0.6) is 5.75 Å². The number of nitrogens with one attached hydrogen (secondary N) is 1. The van der Waals surface area contributed by atoms with Crippen LogP contribution in [0.25, 0.3) is 0 Å². The molecule has 1 atom stereocenters. The van der Waals surface area contributed by atoms with Crippen LogP contribution in [-0.2, 0) is 4.79 Å². The Bertz CT molecular complexity index is 799. The molecule has 5 heteroatoms. The lowest BCUT2D eigenvalue weighted by atomic mass is 9.88. The summed E-state index contributed by atoms with van der Waals surface area (Å²) in [6.07, 6.45) is 1.99. The number of benzene rings is 2. The molecule has 1 saturated heterocycles. The molecule has 1 heterocycles. The van der Waals surface area contributed by atoms with Gasteiger partial charge in [0.15, 0.2) is 0 Å². The summed E-state index contributed by atoms with van der Waals surface area (Å²) in [5.41, 5.74) is 3.07. The molecule has 1 fully saturated rings. The summed E-state index contributed by atoms with van der Waals surface area (Å²) < 4.78 is 19.8. The van der Waals surface area contributed by atoms with Gasteiger partial charge in [0, 0.05) is 26.1 Å². The van der Waals surface area contributed by atoms with Crippen LogP contribution in [0.3, 0.4) is 0 Å². The van der Waals surface area contributed by atoms with Crippen LogP contribution in [0.4, 0.5) is 10.1 Å². The average Bonchev–Trinajstić information content (AvgIpc) is 2.68. The zero-order valence-electron chi connectivity index (χ0n) is 16.9. The molecule has 0 unspecified atom stereocenters. The Hall–Kier alpha value is -2.56. The Labute approximate surface area is 166 Å². The van der Waals surface area contributed by atoms with Gasteiger partial charge in [0.25, 0.3) is 0 Å². The molecule has 4 nitrogen and oxygen atoms in total. The highest BCUT2D eigenvalue weighted by Gasteiger charge is 2.23. The van der Waals surface area contributed by atoms with E-state index in [1.165, 1.54) is 18.6 Å². The first kappa shape index (κ1) is 20.2. The molecule has 28 heavy (non-hydrogen) atoms. The predicted molar refractivity (Wildman–Crippen MR) is 110 cm³/mol. The van der Waals surface area contributed by atoms with E-state index in [0.29, 0.717) is 24.0 Å². The van der Waals surface area contributed by atoms with Crippen molar-refractivity contribution >= 4 is 11.6 Å². The molecule has 3 rings (SSSR count). The summed E-state index contributed by atoms with van der Waals surface area (Å²) in [5.74, 6) is 0.811. The van der Waals surface area contributed by atoms with Crippen LogP contribution in [0.1, 0.15) is 56.7 Å². The van der Waals surface area contributed by atoms with E-state index in [4.69, 9.17) is 4.74 Å². The van der Waals surface area contributed by atoms with E-state index < -0.39 is 0 Å². The van der Waals surface area contributed by atoms with E-state index >= 15 is 0 Å². The summed E-state index contributed by atoms with van der Waals surface area (Å²) in [7, 11) is 0. The molecule has 0 radical (unpaired) electrons. The van der Waals surface area contributed by atoms with Crippen LogP contribution in [0.2, 0.25) is 0 Å². The second-order valence-corrected chi connectivity index (χ2v) is 7.40. The van der Waals surface area contributed by atoms with Crippen molar-refractivity contribution in [3.05, 3.63) is 59.4 Å². The van der Waals surface area contributed by atoms with Crippen LogP contribution in [0.15, 0.2) is 42.5 Å². The lowest BCUT2D eigenvalue weighted by Crippen LogP contribution is -2.33. The summed E-state index contributed by atoms with van der Waals surface area (Å²) >= 11 is 0. The van der Waals surface area contributed by atoms with E-state index in [2.05, 4.69) is 34.5 Å². The third-order valence-electron chi connectivity index (χ3n) is 5.39. The van der Waals surface area contributed by atoms with Crippen LogP contribution >= 0.6 is 0 Å². The quantitative estimate of drug-likeness (QED) is 0.777. The van der Waals surface area contributed by atoms with Gasteiger partial charge in [0.2, 0.25) is 5.91 Å². The molecule has 0 spiro atoms. The molecule has 0 aliphatic carbocycles. The molecule has 0 aromatic heterocycles. The highest BCUT2D eigenvalue weighted by molar-refractivity contribution is 5.73. The van der Waals surface area contributed by atoms with Gasteiger partial charge in [-0.25, -0.2) is 4.39 Å². The molecule has 150 valence electrons. The normalized spacial score (nSPS) is 15.9. The minimum Gasteiger partial charge on any atom is -0.494 e. The second kappa shape index (κ2) is 9.09. The Kier molecular flexibility index (Phi) is 6.55. The molecular weight excluding hydrogens is 355 g/mol. The SMILES string of the molecule is CCOc1ccc(N2CCC(c3ccc([C@H](C)NC(C)=O)cc3)CC2)c(F)c1. The van der Waals surface area contributed by atoms with Gasteiger partial charge in [-0.1, -0.05) is 24.3 Å². The maximum atomic E-state index is 14.4. The van der Waals surface area contributed by atoms with Gasteiger partial charge >= 0.3 is 0 Å². The molecule has 1 amide bonds. The first-order valence-electron chi connectivity index (χ1n) is 10.0. The van der Waals surface area contributed by atoms with E-state index in [-0.39, 0.29) is 17.8 Å². The van der Waals surface area contributed by atoms with Crippen molar-refractivity contribution < 1.29 is 13.9 Å². The van der Waals surface area contributed by atoms with E-state index in [9.17, 15) is 9.18 Å². The van der Waals surface area contributed by atoms with E-state index in [1.54, 1.807) is 0 Å². The topological polar surface area (TPSA) is 41.6 Å². The van der Waals surface area contributed by atoms with Crippen molar-refractivity contribution in [1.82, 2.24) is 5.32 Å². The summed E-state index contributed by atoms with van der Waals surface area (Å²) in [4.78, 5) is 13.3. The number of anilines is 1. The molecule has 1 aliphatic rings. The van der Waals surface area contributed by atoms with E-state index in [1.807, 2.05) is 26.0 Å². The fourth-order valence-electron chi connectivity index (χ4n) is 3.90. The van der Waals surface area contributed by atoms with Gasteiger partial charge in [-0.2, -0.15) is 0 Å². The van der Waals surface area contributed by atoms with E-state index in [0.717, 1.165) is 31.5 Å². The highest BCUT2D eigenvalue weighted by Crippen LogP contribution is 2.33. The number of carbonyl (C=O) groups is 1. The number of rotatable bonds is 6. The first-order chi connectivity index (χ1) is 13.5. The third-order valence-corrected chi connectivity index (χ3v) is 5.39. The average molecular weight is 384 g/mol. The van der Waals surface area contributed by atoms with Gasteiger partial charge in [-0.15, -0.1) is 0 Å². The van der Waals surface area contributed by atoms with Crippen LogP contribution in [0, 0.1) is 5.82 Å². The minimum absolute atomic E-state index is 0.0102. The van der Waals surface area contributed by atoms with Gasteiger partial charge in [-0.3, -0.25) is 4.79 Å². The molecule has 2 aromatic rings. The number of nitrogens with zero attached hydrogens (tertiary/aromatic N) is 1. The monoisotopic (exact) mass is 384 g/mol. The number of amides is 1. The zero-order chi connectivity index (χ0) is 20.1. The first-order valence-corrected chi connectivity index (χ1v) is 10.0. The number of hydrogen-bond acceptors (Lipinski definition) is 3. The molecule has 2 aromatic carbocycles. The summed E-state index contributed by atoms with van der Waals surface area (Å²) in [6.45, 7) is 7.61. The van der Waals surface area contributed by atoms with Gasteiger partial charge in [0.05, 0.1) is 18.3 Å². The summed E-state index contributed by atoms with van der Waals surface area (Å²) in [6, 6.07) is 13.6. The zero-order valence-corrected chi connectivity index (χ0v) is 16.9. The highest BCUT2D eigenvalue weighted by atomic mass is 19.1. The van der Waals surface area contributed by atoms with Crippen molar-refractivity contribution in [2.24, 2.45) is 0 Å². The number of carbonyl (C=O) groups excluding carboxylic acids is 1. The van der Waals surface area contributed by atoms with Crippen molar-refractivity contribution in [3.63, 3.8) is 0 Å². The van der Waals surface area contributed by atoms with Gasteiger partial charge < -0.3 is 15.0 Å². The minimum atomic E-state index is -0.222. The van der Waals surface area contributed by atoms with Crippen LogP contribution in [-0.4, -0.2) is 25.6 Å². The number of ether oxygens (including phenoxy) is 1. The standard InChI is InChI=1S/C23H29FN2O2/c1-4-28-21-9-10-23(22(24)15-21)26-13-11-20(12-14-26)19-7-5-18(6-8-19)16(2)25-17(3)27/h5-10,15-16,20H,4,11-14H2,1-3H3,(H,25,27)/t16-/m0/s1. The van der Waals surface area contributed by atoms with Crippen molar-refractivity contribution in [2.45, 2.75) is 45.6 Å². The predicted octanol–water partition coefficient (Wildman–Crippen LogP) is 4.81. The molecule has 1 aliphatic heterocycles. The molecule has 1 N–H and O–H groups in total. The largest absolute Gasteiger partial charge is 0.494 e. The molecular formula is C23H29FN2O2. The third kappa shape index (κ3) is 4.83.